The average Bonchev–Trinajstić information content (AvgIpc) is 2.76. The second-order valence-corrected chi connectivity index (χ2v) is 5.76. The summed E-state index contributed by atoms with van der Waals surface area (Å²) < 4.78 is 5.22. The highest BCUT2D eigenvalue weighted by Crippen LogP contribution is 2.22. The zero-order valence-corrected chi connectivity index (χ0v) is 12.1. The molecule has 0 spiro atoms. The first-order valence-electron chi connectivity index (χ1n) is 7.09. The minimum absolute atomic E-state index is 0.0672. The van der Waals surface area contributed by atoms with Gasteiger partial charge in [-0.3, -0.25) is 4.79 Å². The first-order chi connectivity index (χ1) is 9.04. The number of likely N-dealkylation sites (tertiary alicyclic amines) is 1. The third-order valence-electron chi connectivity index (χ3n) is 3.76. The fraction of sp³-hybridized carbons (Fsp3) is 0.786. The molecule has 0 bridgehead atoms. The first-order valence-corrected chi connectivity index (χ1v) is 7.09. The van der Waals surface area contributed by atoms with Gasteiger partial charge in [0.1, 0.15) is 5.78 Å². The van der Waals surface area contributed by atoms with E-state index in [4.69, 9.17) is 4.52 Å². The van der Waals surface area contributed by atoms with Crippen LogP contribution in [0.2, 0.25) is 0 Å². The van der Waals surface area contributed by atoms with Gasteiger partial charge in [-0.05, 0) is 52.6 Å². The number of ketones is 1. The van der Waals surface area contributed by atoms with Crippen LogP contribution in [0.25, 0.3) is 0 Å². The van der Waals surface area contributed by atoms with Gasteiger partial charge in [0.25, 0.3) is 0 Å². The van der Waals surface area contributed by atoms with Crippen molar-refractivity contribution in [2.45, 2.75) is 52.5 Å². The summed E-state index contributed by atoms with van der Waals surface area (Å²) in [5, 5.41) is 3.85. The van der Waals surface area contributed by atoms with Crippen molar-refractivity contribution >= 4 is 5.78 Å². The molecule has 0 radical (unpaired) electrons. The molecule has 5 heteroatoms. The van der Waals surface area contributed by atoms with Crippen molar-refractivity contribution < 1.29 is 9.32 Å². The first kappa shape index (κ1) is 14.2. The number of carbonyl (C=O) groups excluding carboxylic acids is 1. The summed E-state index contributed by atoms with van der Waals surface area (Å²) in [5.41, 5.74) is 0. The quantitative estimate of drug-likeness (QED) is 0.813. The molecule has 0 aliphatic carbocycles. The molecule has 0 unspecified atom stereocenters. The Labute approximate surface area is 114 Å². The smallest absolute Gasteiger partial charge is 0.226 e. The van der Waals surface area contributed by atoms with Crippen LogP contribution in [0, 0.1) is 5.92 Å². The average molecular weight is 265 g/mol. The van der Waals surface area contributed by atoms with E-state index in [9.17, 15) is 4.79 Å². The lowest BCUT2D eigenvalue weighted by atomic mass is 9.93. The summed E-state index contributed by atoms with van der Waals surface area (Å²) in [7, 11) is 0. The maximum Gasteiger partial charge on any atom is 0.226 e. The van der Waals surface area contributed by atoms with Gasteiger partial charge in [0.05, 0.1) is 6.42 Å². The lowest BCUT2D eigenvalue weighted by Gasteiger charge is -2.34. The molecule has 0 aromatic carbocycles. The number of rotatable bonds is 5. The number of piperidine rings is 1. The molecule has 106 valence electrons. The maximum atomic E-state index is 11.0. The third-order valence-corrected chi connectivity index (χ3v) is 3.76. The lowest BCUT2D eigenvalue weighted by Crippen LogP contribution is -2.38. The highest BCUT2D eigenvalue weighted by molar-refractivity contribution is 5.77. The molecular formula is C14H23N3O2. The molecule has 19 heavy (non-hydrogen) atoms. The molecule has 0 N–H and O–H groups in total. The molecule has 1 aromatic heterocycles. The molecular weight excluding hydrogens is 242 g/mol. The number of carbonyl (C=O) groups is 1. The molecule has 2 heterocycles. The van der Waals surface area contributed by atoms with Crippen LogP contribution < -0.4 is 0 Å². The molecule has 0 atom stereocenters. The largest absolute Gasteiger partial charge is 0.339 e. The Morgan fingerprint density at radius 2 is 2.11 bits per heavy atom. The predicted octanol–water partition coefficient (Wildman–Crippen LogP) is 1.86. The highest BCUT2D eigenvalue weighted by atomic mass is 16.5. The summed E-state index contributed by atoms with van der Waals surface area (Å²) in [6.07, 6.45) is 3.48. The van der Waals surface area contributed by atoms with E-state index in [1.165, 1.54) is 19.8 Å². The Morgan fingerprint density at radius 3 is 2.68 bits per heavy atom. The topological polar surface area (TPSA) is 59.2 Å². The maximum absolute atomic E-state index is 11.0. The van der Waals surface area contributed by atoms with Crippen LogP contribution >= 0.6 is 0 Å². The van der Waals surface area contributed by atoms with E-state index < -0.39 is 0 Å². The van der Waals surface area contributed by atoms with Crippen molar-refractivity contribution in [3.8, 4) is 0 Å². The van der Waals surface area contributed by atoms with Gasteiger partial charge in [0.2, 0.25) is 5.89 Å². The van der Waals surface area contributed by atoms with Gasteiger partial charge in [-0.1, -0.05) is 5.16 Å². The van der Waals surface area contributed by atoms with E-state index >= 15 is 0 Å². The Kier molecular flexibility index (Phi) is 4.69. The van der Waals surface area contributed by atoms with E-state index in [2.05, 4.69) is 28.9 Å². The van der Waals surface area contributed by atoms with Crippen LogP contribution in [-0.4, -0.2) is 40.0 Å². The molecule has 1 aliphatic rings. The molecule has 2 rings (SSSR count). The molecule has 5 nitrogen and oxygen atoms in total. The van der Waals surface area contributed by atoms with E-state index in [-0.39, 0.29) is 12.2 Å². The van der Waals surface area contributed by atoms with Crippen LogP contribution in [0.1, 0.15) is 45.3 Å². The zero-order chi connectivity index (χ0) is 13.8. The second-order valence-electron chi connectivity index (χ2n) is 5.76. The number of hydrogen-bond acceptors (Lipinski definition) is 5. The van der Waals surface area contributed by atoms with Gasteiger partial charge < -0.3 is 9.42 Å². The van der Waals surface area contributed by atoms with E-state index in [0.717, 1.165) is 19.5 Å². The van der Waals surface area contributed by atoms with Gasteiger partial charge in [-0.15, -0.1) is 0 Å². The molecule has 1 fully saturated rings. The SMILES string of the molecule is CC(=O)Cc1noc(CC2CCN(C(C)C)CC2)n1. The Bertz CT molecular complexity index is 420. The van der Waals surface area contributed by atoms with Crippen LogP contribution in [0.5, 0.6) is 0 Å². The van der Waals surface area contributed by atoms with Gasteiger partial charge in [0.15, 0.2) is 5.82 Å². The number of hydrogen-bond donors (Lipinski definition) is 0. The Hall–Kier alpha value is -1.23. The fourth-order valence-corrected chi connectivity index (χ4v) is 2.59. The van der Waals surface area contributed by atoms with E-state index in [1.807, 2.05) is 0 Å². The predicted molar refractivity (Wildman–Crippen MR) is 71.8 cm³/mol. The summed E-state index contributed by atoms with van der Waals surface area (Å²) in [4.78, 5) is 17.8. The van der Waals surface area contributed by atoms with Crippen molar-refractivity contribution in [1.29, 1.82) is 0 Å². The summed E-state index contributed by atoms with van der Waals surface area (Å²) in [6.45, 7) is 8.32. The van der Waals surface area contributed by atoms with Gasteiger partial charge in [-0.2, -0.15) is 4.98 Å². The van der Waals surface area contributed by atoms with Crippen LogP contribution in [0.3, 0.4) is 0 Å². The number of aromatic nitrogens is 2. The standard InChI is InChI=1S/C14H23N3O2/c1-10(2)17-6-4-12(5-7-17)9-14-15-13(16-19-14)8-11(3)18/h10,12H,4-9H2,1-3H3. The minimum Gasteiger partial charge on any atom is -0.339 e. The van der Waals surface area contributed by atoms with Gasteiger partial charge in [0, 0.05) is 12.5 Å². The van der Waals surface area contributed by atoms with Crippen molar-refractivity contribution in [3.05, 3.63) is 11.7 Å². The van der Waals surface area contributed by atoms with Crippen molar-refractivity contribution in [1.82, 2.24) is 15.0 Å². The molecule has 1 aromatic rings. The Morgan fingerprint density at radius 1 is 1.42 bits per heavy atom. The van der Waals surface area contributed by atoms with E-state index in [1.54, 1.807) is 0 Å². The number of nitrogens with zero attached hydrogens (tertiary/aromatic N) is 3. The molecule has 1 saturated heterocycles. The van der Waals surface area contributed by atoms with Gasteiger partial charge >= 0.3 is 0 Å². The summed E-state index contributed by atoms with van der Waals surface area (Å²) in [5.74, 6) is 1.89. The van der Waals surface area contributed by atoms with Crippen molar-refractivity contribution in [3.63, 3.8) is 0 Å². The normalized spacial score (nSPS) is 18.1. The highest BCUT2D eigenvalue weighted by Gasteiger charge is 2.22. The minimum atomic E-state index is 0.0672. The Balaban J connectivity index is 1.82. The zero-order valence-electron chi connectivity index (χ0n) is 12.1. The van der Waals surface area contributed by atoms with Crippen LogP contribution in [-0.2, 0) is 17.6 Å². The monoisotopic (exact) mass is 265 g/mol. The number of Topliss-reactive ketones (excluding diaryl/α,β-unsaturated/α-hetero) is 1. The lowest BCUT2D eigenvalue weighted by molar-refractivity contribution is -0.116. The third kappa shape index (κ3) is 4.13. The molecule has 0 saturated carbocycles. The molecule has 0 amide bonds. The van der Waals surface area contributed by atoms with Crippen molar-refractivity contribution in [2.24, 2.45) is 5.92 Å². The second kappa shape index (κ2) is 6.28. The fourth-order valence-electron chi connectivity index (χ4n) is 2.59. The summed E-state index contributed by atoms with van der Waals surface area (Å²) in [6, 6.07) is 0.631. The molecule has 1 aliphatic heterocycles. The van der Waals surface area contributed by atoms with Crippen LogP contribution in [0.15, 0.2) is 4.52 Å². The van der Waals surface area contributed by atoms with Crippen LogP contribution in [0.4, 0.5) is 0 Å². The summed E-state index contributed by atoms with van der Waals surface area (Å²) >= 11 is 0. The van der Waals surface area contributed by atoms with Gasteiger partial charge in [-0.25, -0.2) is 0 Å². The van der Waals surface area contributed by atoms with Crippen molar-refractivity contribution in [2.75, 3.05) is 13.1 Å². The van der Waals surface area contributed by atoms with E-state index in [0.29, 0.717) is 23.7 Å².